The summed E-state index contributed by atoms with van der Waals surface area (Å²) >= 11 is 15.2. The van der Waals surface area contributed by atoms with E-state index in [0.29, 0.717) is 21.2 Å². The van der Waals surface area contributed by atoms with Crippen molar-refractivity contribution >= 4 is 40.9 Å². The topological polar surface area (TPSA) is 17.1 Å². The molecule has 0 atom stereocenters. The van der Waals surface area contributed by atoms with E-state index in [2.05, 4.69) is 12.6 Å². The fraction of sp³-hybridized carbons (Fsp3) is 0.125. The molecule has 0 heterocycles. The van der Waals surface area contributed by atoms with Crippen LogP contribution in [0.5, 0.6) is 0 Å². The van der Waals surface area contributed by atoms with Crippen molar-refractivity contribution in [2.45, 2.75) is 6.92 Å². The lowest BCUT2D eigenvalue weighted by molar-refractivity contribution is 0.109. The van der Waals surface area contributed by atoms with Crippen molar-refractivity contribution < 1.29 is 4.79 Å². The van der Waals surface area contributed by atoms with Crippen molar-refractivity contribution in [3.63, 3.8) is 0 Å². The van der Waals surface area contributed by atoms with Gasteiger partial charge in [0.25, 0.3) is 0 Å². The van der Waals surface area contributed by atoms with Crippen LogP contribution in [0.15, 0.2) is 12.1 Å². The van der Waals surface area contributed by atoms with Gasteiger partial charge in [-0.05, 0) is 24.6 Å². The summed E-state index contributed by atoms with van der Waals surface area (Å²) in [6, 6.07) is 3.19. The summed E-state index contributed by atoms with van der Waals surface area (Å²) in [6.07, 6.45) is 0. The summed E-state index contributed by atoms with van der Waals surface area (Å²) in [7, 11) is 0. The molecule has 0 saturated heterocycles. The van der Waals surface area contributed by atoms with Crippen LogP contribution in [0.3, 0.4) is 0 Å². The molecular weight excluding hydrogens is 215 g/mol. The molecule has 1 rings (SSSR count). The van der Waals surface area contributed by atoms with Crippen molar-refractivity contribution in [1.82, 2.24) is 0 Å². The monoisotopic (exact) mass is 220 g/mol. The maximum Gasteiger partial charge on any atom is 0.216 e. The second-order valence-electron chi connectivity index (χ2n) is 2.34. The fourth-order valence-electron chi connectivity index (χ4n) is 0.884. The van der Waals surface area contributed by atoms with E-state index in [4.69, 9.17) is 23.2 Å². The van der Waals surface area contributed by atoms with Crippen molar-refractivity contribution in [3.05, 3.63) is 33.3 Å². The first-order valence-electron chi connectivity index (χ1n) is 3.22. The maximum atomic E-state index is 10.9. The zero-order valence-electron chi connectivity index (χ0n) is 6.27. The lowest BCUT2D eigenvalue weighted by Crippen LogP contribution is -1.93. The van der Waals surface area contributed by atoms with Gasteiger partial charge in [0, 0.05) is 5.56 Å². The van der Waals surface area contributed by atoms with Gasteiger partial charge in [-0.1, -0.05) is 23.2 Å². The van der Waals surface area contributed by atoms with E-state index in [1.807, 2.05) is 0 Å². The van der Waals surface area contributed by atoms with Crippen LogP contribution < -0.4 is 0 Å². The SMILES string of the molecule is Cc1c(C(=O)S)ccc(Cl)c1Cl. The molecule has 0 radical (unpaired) electrons. The zero-order valence-corrected chi connectivity index (χ0v) is 8.67. The van der Waals surface area contributed by atoms with Gasteiger partial charge < -0.3 is 0 Å². The number of carbonyl (C=O) groups excluding carboxylic acids is 1. The quantitative estimate of drug-likeness (QED) is 0.719. The molecule has 0 bridgehead atoms. The fourth-order valence-corrected chi connectivity index (χ4v) is 1.50. The normalized spacial score (nSPS) is 10.0. The molecule has 0 unspecified atom stereocenters. The molecule has 1 aromatic carbocycles. The highest BCUT2D eigenvalue weighted by molar-refractivity contribution is 7.97. The molecule has 0 spiro atoms. The van der Waals surface area contributed by atoms with Gasteiger partial charge in [-0.3, -0.25) is 4.79 Å². The number of rotatable bonds is 1. The first-order chi connectivity index (χ1) is 5.54. The third-order valence-corrected chi connectivity index (χ3v) is 2.71. The standard InChI is InChI=1S/C8H6Cl2OS/c1-4-5(8(11)12)2-3-6(9)7(4)10/h2-3H,1H3,(H,11,12). The van der Waals surface area contributed by atoms with Gasteiger partial charge in [0.1, 0.15) is 0 Å². The van der Waals surface area contributed by atoms with Gasteiger partial charge in [-0.15, -0.1) is 12.6 Å². The molecule has 0 aliphatic rings. The van der Waals surface area contributed by atoms with E-state index in [9.17, 15) is 4.79 Å². The molecule has 0 saturated carbocycles. The minimum atomic E-state index is -0.300. The Balaban J connectivity index is 3.36. The highest BCUT2D eigenvalue weighted by Crippen LogP contribution is 2.28. The Labute approximate surface area is 86.1 Å². The highest BCUT2D eigenvalue weighted by Gasteiger charge is 2.09. The van der Waals surface area contributed by atoms with E-state index in [-0.39, 0.29) is 5.12 Å². The minimum Gasteiger partial charge on any atom is -0.282 e. The predicted octanol–water partition coefficient (Wildman–Crippen LogP) is 3.37. The van der Waals surface area contributed by atoms with Crippen LogP contribution >= 0.6 is 35.8 Å². The molecule has 0 N–H and O–H groups in total. The van der Waals surface area contributed by atoms with E-state index in [1.54, 1.807) is 19.1 Å². The summed E-state index contributed by atoms with van der Waals surface area (Å²) in [6.45, 7) is 1.73. The molecule has 1 nitrogen and oxygen atoms in total. The molecule has 0 aliphatic carbocycles. The molecule has 64 valence electrons. The van der Waals surface area contributed by atoms with Gasteiger partial charge in [0.2, 0.25) is 5.12 Å². The first kappa shape index (κ1) is 9.90. The Kier molecular flexibility index (Phi) is 3.04. The van der Waals surface area contributed by atoms with E-state index in [0.717, 1.165) is 0 Å². The molecule has 0 aromatic heterocycles. The second-order valence-corrected chi connectivity index (χ2v) is 3.53. The molecule has 0 aliphatic heterocycles. The number of halogens is 2. The molecule has 0 amide bonds. The van der Waals surface area contributed by atoms with Crippen LogP contribution in [0.4, 0.5) is 0 Å². The molecule has 4 heteroatoms. The van der Waals surface area contributed by atoms with E-state index >= 15 is 0 Å². The van der Waals surface area contributed by atoms with E-state index < -0.39 is 0 Å². The summed E-state index contributed by atoms with van der Waals surface area (Å²) < 4.78 is 0. The number of benzene rings is 1. The molecular formula is C8H6Cl2OS. The van der Waals surface area contributed by atoms with E-state index in [1.165, 1.54) is 0 Å². The first-order valence-corrected chi connectivity index (χ1v) is 4.42. The summed E-state index contributed by atoms with van der Waals surface area (Å²) in [5.74, 6) is 0. The second kappa shape index (κ2) is 3.69. The van der Waals surface area contributed by atoms with Crippen LogP contribution in [0.2, 0.25) is 10.0 Å². The van der Waals surface area contributed by atoms with Crippen LogP contribution in [0, 0.1) is 6.92 Å². The summed E-state index contributed by atoms with van der Waals surface area (Å²) in [4.78, 5) is 10.9. The van der Waals surface area contributed by atoms with Crippen LogP contribution in [0.1, 0.15) is 15.9 Å². The summed E-state index contributed by atoms with van der Waals surface area (Å²) in [5, 5.41) is 0.565. The number of hydrogen-bond acceptors (Lipinski definition) is 1. The van der Waals surface area contributed by atoms with Gasteiger partial charge in [-0.25, -0.2) is 0 Å². The number of thiol groups is 1. The van der Waals surface area contributed by atoms with Crippen molar-refractivity contribution in [3.8, 4) is 0 Å². The Hall–Kier alpha value is -0.180. The van der Waals surface area contributed by atoms with Gasteiger partial charge in [0.05, 0.1) is 10.0 Å². The van der Waals surface area contributed by atoms with Crippen molar-refractivity contribution in [1.29, 1.82) is 0 Å². The lowest BCUT2D eigenvalue weighted by Gasteiger charge is -2.04. The molecule has 0 fully saturated rings. The summed E-state index contributed by atoms with van der Waals surface area (Å²) in [5.41, 5.74) is 1.16. The van der Waals surface area contributed by atoms with Gasteiger partial charge in [0.15, 0.2) is 0 Å². The Bertz CT molecular complexity index is 336. The third-order valence-electron chi connectivity index (χ3n) is 1.57. The predicted molar refractivity (Wildman–Crippen MR) is 54.5 cm³/mol. The average Bonchev–Trinajstić information content (AvgIpc) is 2.00. The molecule has 1 aromatic rings. The van der Waals surface area contributed by atoms with Crippen molar-refractivity contribution in [2.75, 3.05) is 0 Å². The third kappa shape index (κ3) is 1.76. The minimum absolute atomic E-state index is 0.300. The largest absolute Gasteiger partial charge is 0.282 e. The number of carbonyl (C=O) groups is 1. The average molecular weight is 221 g/mol. The Morgan fingerprint density at radius 2 is 2.00 bits per heavy atom. The smallest absolute Gasteiger partial charge is 0.216 e. The molecule has 12 heavy (non-hydrogen) atoms. The lowest BCUT2D eigenvalue weighted by atomic mass is 10.1. The Morgan fingerprint density at radius 1 is 1.42 bits per heavy atom. The Morgan fingerprint density at radius 3 is 2.50 bits per heavy atom. The van der Waals surface area contributed by atoms with Gasteiger partial charge >= 0.3 is 0 Å². The number of hydrogen-bond donors (Lipinski definition) is 1. The van der Waals surface area contributed by atoms with Crippen LogP contribution in [-0.4, -0.2) is 5.12 Å². The van der Waals surface area contributed by atoms with Crippen molar-refractivity contribution in [2.24, 2.45) is 0 Å². The highest BCUT2D eigenvalue weighted by atomic mass is 35.5. The zero-order chi connectivity index (χ0) is 9.30. The van der Waals surface area contributed by atoms with Crippen LogP contribution in [-0.2, 0) is 0 Å². The maximum absolute atomic E-state index is 10.9. The van der Waals surface area contributed by atoms with Gasteiger partial charge in [-0.2, -0.15) is 0 Å². The van der Waals surface area contributed by atoms with Crippen LogP contribution in [0.25, 0.3) is 0 Å².